The van der Waals surface area contributed by atoms with Gasteiger partial charge in [0.25, 0.3) is 0 Å². The minimum Gasteiger partial charge on any atom is -0.358 e. The first kappa shape index (κ1) is 14.1. The van der Waals surface area contributed by atoms with Crippen LogP contribution < -0.4 is 4.18 Å². The van der Waals surface area contributed by atoms with E-state index in [1.807, 2.05) is 31.2 Å². The molecule has 2 aromatic carbocycles. The number of azo groups is 1. The second kappa shape index (κ2) is 5.79. The summed E-state index contributed by atoms with van der Waals surface area (Å²) in [6, 6.07) is 13.0. The summed E-state index contributed by atoms with van der Waals surface area (Å²) in [5.74, 6) is -0.123. The van der Waals surface area contributed by atoms with Crippen LogP contribution in [0.1, 0.15) is 5.56 Å². The maximum Gasteiger partial charge on any atom is 0.488 e. The summed E-state index contributed by atoms with van der Waals surface area (Å²) in [6.07, 6.45) is 0. The van der Waals surface area contributed by atoms with E-state index in [9.17, 15) is 12.3 Å². The molecule has 0 amide bonds. The fourth-order valence-corrected chi connectivity index (χ4v) is 1.75. The van der Waals surface area contributed by atoms with Gasteiger partial charge in [-0.15, -0.1) is 0 Å². The Morgan fingerprint density at radius 1 is 0.900 bits per heavy atom. The Labute approximate surface area is 116 Å². The number of hydrogen-bond acceptors (Lipinski definition) is 5. The molecule has 0 heterocycles. The lowest BCUT2D eigenvalue weighted by molar-refractivity contribution is 0.440. The lowest BCUT2D eigenvalue weighted by atomic mass is 10.2. The van der Waals surface area contributed by atoms with E-state index in [1.165, 1.54) is 24.3 Å². The van der Waals surface area contributed by atoms with Crippen LogP contribution in [0.2, 0.25) is 0 Å². The highest BCUT2D eigenvalue weighted by Crippen LogP contribution is 2.22. The van der Waals surface area contributed by atoms with Crippen molar-refractivity contribution >= 4 is 21.9 Å². The number of rotatable bonds is 4. The third-order valence-electron chi connectivity index (χ3n) is 2.35. The average Bonchev–Trinajstić information content (AvgIpc) is 2.38. The molecule has 7 heteroatoms. The molecule has 20 heavy (non-hydrogen) atoms. The van der Waals surface area contributed by atoms with Gasteiger partial charge in [-0.05, 0) is 43.3 Å². The second-order valence-corrected chi connectivity index (χ2v) is 4.96. The number of nitrogens with zero attached hydrogens (tertiary/aromatic N) is 2. The van der Waals surface area contributed by atoms with E-state index >= 15 is 0 Å². The van der Waals surface area contributed by atoms with E-state index in [1.54, 1.807) is 0 Å². The van der Waals surface area contributed by atoms with Gasteiger partial charge >= 0.3 is 10.5 Å². The topological polar surface area (TPSA) is 68.1 Å². The second-order valence-electron chi connectivity index (χ2n) is 4.01. The van der Waals surface area contributed by atoms with Crippen LogP contribution in [0.4, 0.5) is 15.3 Å². The summed E-state index contributed by atoms with van der Waals surface area (Å²) in [5.41, 5.74) is 2.31. The van der Waals surface area contributed by atoms with E-state index in [0.29, 0.717) is 11.4 Å². The molecule has 0 saturated heterocycles. The summed E-state index contributed by atoms with van der Waals surface area (Å²) in [7, 11) is -5.00. The van der Waals surface area contributed by atoms with Gasteiger partial charge in [-0.2, -0.15) is 18.6 Å². The maximum absolute atomic E-state index is 12.3. The van der Waals surface area contributed by atoms with Gasteiger partial charge in [0, 0.05) is 0 Å². The van der Waals surface area contributed by atoms with Crippen LogP contribution in [0, 0.1) is 6.92 Å². The zero-order chi connectivity index (χ0) is 14.6. The number of benzene rings is 2. The summed E-state index contributed by atoms with van der Waals surface area (Å²) in [5, 5.41) is 7.98. The van der Waals surface area contributed by atoms with Gasteiger partial charge in [0.2, 0.25) is 0 Å². The van der Waals surface area contributed by atoms with Gasteiger partial charge in [-0.3, -0.25) is 0 Å². The predicted octanol–water partition coefficient (Wildman–Crippen LogP) is 4.00. The molecule has 0 radical (unpaired) electrons. The lowest BCUT2D eigenvalue weighted by Gasteiger charge is -1.99. The molecule has 0 aliphatic rings. The Kier molecular flexibility index (Phi) is 4.09. The molecule has 0 bridgehead atoms. The fraction of sp³-hybridized carbons (Fsp3) is 0.0769. The Hall–Kier alpha value is -2.28. The van der Waals surface area contributed by atoms with Gasteiger partial charge in [0.1, 0.15) is 5.75 Å². The molecule has 0 atom stereocenters. The summed E-state index contributed by atoms with van der Waals surface area (Å²) in [4.78, 5) is 0. The van der Waals surface area contributed by atoms with Crippen LogP contribution in [0.3, 0.4) is 0 Å². The minimum atomic E-state index is -5.00. The van der Waals surface area contributed by atoms with Crippen LogP contribution in [0.25, 0.3) is 0 Å². The Morgan fingerprint density at radius 2 is 1.35 bits per heavy atom. The molecule has 5 nitrogen and oxygen atoms in total. The van der Waals surface area contributed by atoms with Crippen LogP contribution in [0.15, 0.2) is 58.8 Å². The van der Waals surface area contributed by atoms with E-state index in [4.69, 9.17) is 0 Å². The quantitative estimate of drug-likeness (QED) is 0.632. The fourth-order valence-electron chi connectivity index (χ4n) is 1.41. The highest BCUT2D eigenvalue weighted by atomic mass is 32.3. The van der Waals surface area contributed by atoms with Crippen molar-refractivity contribution in [3.8, 4) is 5.75 Å². The highest BCUT2D eigenvalue weighted by molar-refractivity contribution is 7.81. The van der Waals surface area contributed by atoms with E-state index in [2.05, 4.69) is 14.4 Å². The molecule has 0 unspecified atom stereocenters. The van der Waals surface area contributed by atoms with Crippen molar-refractivity contribution in [1.82, 2.24) is 0 Å². The largest absolute Gasteiger partial charge is 0.488 e. The first-order valence-corrected chi connectivity index (χ1v) is 6.96. The summed E-state index contributed by atoms with van der Waals surface area (Å²) < 4.78 is 36.9. The van der Waals surface area contributed by atoms with Gasteiger partial charge < -0.3 is 4.18 Å². The molecule has 2 aromatic rings. The Balaban J connectivity index is 2.09. The van der Waals surface area contributed by atoms with Crippen molar-refractivity contribution in [2.24, 2.45) is 10.2 Å². The van der Waals surface area contributed by atoms with Crippen LogP contribution >= 0.6 is 0 Å². The first-order chi connectivity index (χ1) is 9.42. The molecule has 0 aromatic heterocycles. The third kappa shape index (κ3) is 4.43. The molecule has 0 aliphatic heterocycles. The van der Waals surface area contributed by atoms with Gasteiger partial charge in [0.05, 0.1) is 11.4 Å². The standard InChI is InChI=1S/C13H11FN2O3S/c1-10-2-4-11(5-3-10)15-16-12-6-8-13(9-7-12)19-20(14,17)18/h2-9H,1H3/b16-15+. The van der Waals surface area contributed by atoms with Crippen molar-refractivity contribution in [2.75, 3.05) is 0 Å². The van der Waals surface area contributed by atoms with Crippen LogP contribution in [-0.4, -0.2) is 8.42 Å². The van der Waals surface area contributed by atoms with Crippen molar-refractivity contribution in [2.45, 2.75) is 6.92 Å². The molecule has 0 fully saturated rings. The SMILES string of the molecule is Cc1ccc(/N=N/c2ccc(OS(=O)(=O)F)cc2)cc1. The van der Waals surface area contributed by atoms with E-state index in [0.717, 1.165) is 5.56 Å². The van der Waals surface area contributed by atoms with Gasteiger partial charge in [-0.25, -0.2) is 0 Å². The Bertz CT molecular complexity index is 710. The maximum atomic E-state index is 12.3. The monoisotopic (exact) mass is 294 g/mol. The molecular weight excluding hydrogens is 283 g/mol. The minimum absolute atomic E-state index is 0.123. The smallest absolute Gasteiger partial charge is 0.358 e. The molecule has 0 N–H and O–H groups in total. The van der Waals surface area contributed by atoms with Gasteiger partial charge in [0.15, 0.2) is 0 Å². The number of halogens is 1. The average molecular weight is 294 g/mol. The van der Waals surface area contributed by atoms with Crippen molar-refractivity contribution in [3.63, 3.8) is 0 Å². The van der Waals surface area contributed by atoms with Crippen molar-refractivity contribution in [3.05, 3.63) is 54.1 Å². The van der Waals surface area contributed by atoms with Crippen molar-refractivity contribution < 1.29 is 16.5 Å². The summed E-state index contributed by atoms with van der Waals surface area (Å²) >= 11 is 0. The molecule has 2 rings (SSSR count). The van der Waals surface area contributed by atoms with Gasteiger partial charge in [-0.1, -0.05) is 21.6 Å². The highest BCUT2D eigenvalue weighted by Gasteiger charge is 2.08. The zero-order valence-electron chi connectivity index (χ0n) is 10.5. The van der Waals surface area contributed by atoms with E-state index in [-0.39, 0.29) is 5.75 Å². The summed E-state index contributed by atoms with van der Waals surface area (Å²) in [6.45, 7) is 1.97. The number of aryl methyl sites for hydroxylation is 1. The molecule has 0 spiro atoms. The molecule has 104 valence electrons. The Morgan fingerprint density at radius 3 is 1.80 bits per heavy atom. The lowest BCUT2D eigenvalue weighted by Crippen LogP contribution is -2.00. The van der Waals surface area contributed by atoms with E-state index < -0.39 is 10.5 Å². The number of hydrogen-bond donors (Lipinski definition) is 0. The third-order valence-corrected chi connectivity index (χ3v) is 2.74. The zero-order valence-corrected chi connectivity index (χ0v) is 11.3. The molecule has 0 saturated carbocycles. The molecule has 0 aliphatic carbocycles. The first-order valence-electron chi connectivity index (χ1n) is 5.65. The molecular formula is C13H11FN2O3S. The van der Waals surface area contributed by atoms with Crippen LogP contribution in [-0.2, 0) is 10.5 Å². The normalized spacial score (nSPS) is 11.7. The van der Waals surface area contributed by atoms with Crippen LogP contribution in [0.5, 0.6) is 5.75 Å². The van der Waals surface area contributed by atoms with Crippen molar-refractivity contribution in [1.29, 1.82) is 0 Å². The predicted molar refractivity (Wildman–Crippen MR) is 72.5 cm³/mol.